The van der Waals surface area contributed by atoms with Crippen molar-refractivity contribution in [1.29, 1.82) is 0 Å². The molecule has 1 N–H and O–H groups in total. The van der Waals surface area contributed by atoms with E-state index in [4.69, 9.17) is 0 Å². The van der Waals surface area contributed by atoms with Crippen LogP contribution in [0.5, 0.6) is 0 Å². The van der Waals surface area contributed by atoms with Crippen LogP contribution >= 0.6 is 0 Å². The Balaban J connectivity index is 1.57. The minimum Gasteiger partial charge on any atom is -0.395 e. The highest BCUT2D eigenvalue weighted by Gasteiger charge is 2.57. The number of urea groups is 1. The number of nitrogens with zero attached hydrogens (tertiary/aromatic N) is 4. The summed E-state index contributed by atoms with van der Waals surface area (Å²) >= 11 is 0. The number of aliphatic hydroxyl groups is 1. The monoisotopic (exact) mass is 422 g/mol. The molecule has 7 nitrogen and oxygen atoms in total. The Labute approximate surface area is 183 Å². The number of piperidine rings is 1. The third-order valence-corrected chi connectivity index (χ3v) is 6.65. The third kappa shape index (κ3) is 4.20. The van der Waals surface area contributed by atoms with Crippen molar-refractivity contribution in [2.75, 3.05) is 26.2 Å². The summed E-state index contributed by atoms with van der Waals surface area (Å²) in [6.45, 7) is 4.13. The molecule has 2 fully saturated rings. The molecule has 164 valence electrons. The summed E-state index contributed by atoms with van der Waals surface area (Å²) in [6.07, 6.45) is 3.54. The molecule has 3 heterocycles. The van der Waals surface area contributed by atoms with Gasteiger partial charge in [0.2, 0.25) is 0 Å². The molecule has 2 saturated heterocycles. The van der Waals surface area contributed by atoms with Crippen molar-refractivity contribution in [2.24, 2.45) is 0 Å². The van der Waals surface area contributed by atoms with Crippen molar-refractivity contribution < 1.29 is 14.7 Å². The first kappa shape index (κ1) is 21.5. The molecule has 0 radical (unpaired) electrons. The molecule has 1 spiro atoms. The van der Waals surface area contributed by atoms with Crippen LogP contribution in [0.25, 0.3) is 0 Å². The first-order valence-electron chi connectivity index (χ1n) is 11.0. The Kier molecular flexibility index (Phi) is 6.34. The predicted octanol–water partition coefficient (Wildman–Crippen LogP) is 2.30. The average molecular weight is 423 g/mol. The second-order valence-electron chi connectivity index (χ2n) is 8.48. The van der Waals surface area contributed by atoms with Gasteiger partial charge in [0.1, 0.15) is 5.54 Å². The van der Waals surface area contributed by atoms with Gasteiger partial charge in [0, 0.05) is 31.9 Å². The van der Waals surface area contributed by atoms with Gasteiger partial charge in [-0.2, -0.15) is 0 Å². The molecule has 2 aliphatic heterocycles. The van der Waals surface area contributed by atoms with Gasteiger partial charge in [-0.25, -0.2) is 4.79 Å². The maximum Gasteiger partial charge on any atom is 0.328 e. The van der Waals surface area contributed by atoms with Crippen LogP contribution in [-0.2, 0) is 17.8 Å². The van der Waals surface area contributed by atoms with E-state index in [1.54, 1.807) is 11.1 Å². The normalized spacial score (nSPS) is 19.9. The van der Waals surface area contributed by atoms with Gasteiger partial charge in [-0.3, -0.25) is 19.6 Å². The number of hydrogen-bond acceptors (Lipinski definition) is 5. The number of likely N-dealkylation sites (tertiary alicyclic amines) is 1. The SMILES string of the molecule is C[C@@H](CO)N1CCC2(CC1)C(=O)N(Cc1ccccn1)C(=O)N2CCc1ccccc1. The van der Waals surface area contributed by atoms with Crippen LogP contribution in [0.3, 0.4) is 0 Å². The predicted molar refractivity (Wildman–Crippen MR) is 117 cm³/mol. The molecule has 1 atom stereocenters. The number of amides is 3. The highest BCUT2D eigenvalue weighted by molar-refractivity contribution is 6.07. The molecule has 2 aromatic rings. The van der Waals surface area contributed by atoms with Crippen molar-refractivity contribution in [1.82, 2.24) is 19.7 Å². The zero-order valence-electron chi connectivity index (χ0n) is 18.0. The van der Waals surface area contributed by atoms with Crippen LogP contribution in [0.1, 0.15) is 31.0 Å². The fourth-order valence-electron chi connectivity index (χ4n) is 4.70. The minimum atomic E-state index is -0.813. The molecular formula is C24H30N4O3. The van der Waals surface area contributed by atoms with Crippen LogP contribution in [0.15, 0.2) is 54.7 Å². The van der Waals surface area contributed by atoms with E-state index in [1.807, 2.05) is 55.5 Å². The molecule has 3 amide bonds. The van der Waals surface area contributed by atoms with E-state index in [0.717, 1.165) is 5.56 Å². The Bertz CT molecular complexity index is 898. The van der Waals surface area contributed by atoms with Gasteiger partial charge >= 0.3 is 6.03 Å². The molecule has 7 heteroatoms. The molecule has 1 aromatic heterocycles. The van der Waals surface area contributed by atoms with Crippen LogP contribution in [0.4, 0.5) is 4.79 Å². The maximum atomic E-state index is 13.6. The molecule has 0 aliphatic carbocycles. The Hall–Kier alpha value is -2.77. The van der Waals surface area contributed by atoms with Gasteiger partial charge in [-0.05, 0) is 43.9 Å². The van der Waals surface area contributed by atoms with Gasteiger partial charge in [-0.15, -0.1) is 0 Å². The Morgan fingerprint density at radius 2 is 1.77 bits per heavy atom. The van der Waals surface area contributed by atoms with Crippen molar-refractivity contribution in [2.45, 2.75) is 44.3 Å². The first-order chi connectivity index (χ1) is 15.0. The van der Waals surface area contributed by atoms with E-state index in [-0.39, 0.29) is 31.1 Å². The van der Waals surface area contributed by atoms with Crippen molar-refractivity contribution in [3.63, 3.8) is 0 Å². The number of pyridine rings is 1. The lowest BCUT2D eigenvalue weighted by Gasteiger charge is -2.43. The van der Waals surface area contributed by atoms with Gasteiger partial charge in [0.05, 0.1) is 18.8 Å². The van der Waals surface area contributed by atoms with Gasteiger partial charge in [-0.1, -0.05) is 36.4 Å². The number of aromatic nitrogens is 1. The number of hydrogen-bond donors (Lipinski definition) is 1. The Morgan fingerprint density at radius 1 is 1.06 bits per heavy atom. The molecular weight excluding hydrogens is 392 g/mol. The van der Waals surface area contributed by atoms with E-state index in [1.165, 1.54) is 4.90 Å². The molecule has 4 rings (SSSR count). The summed E-state index contributed by atoms with van der Waals surface area (Å²) in [5.74, 6) is -0.118. The number of rotatable bonds is 7. The highest BCUT2D eigenvalue weighted by Crippen LogP contribution is 2.38. The lowest BCUT2D eigenvalue weighted by atomic mass is 9.85. The molecule has 31 heavy (non-hydrogen) atoms. The third-order valence-electron chi connectivity index (χ3n) is 6.65. The summed E-state index contributed by atoms with van der Waals surface area (Å²) in [4.78, 5) is 36.7. The van der Waals surface area contributed by atoms with E-state index >= 15 is 0 Å². The highest BCUT2D eigenvalue weighted by atomic mass is 16.3. The summed E-state index contributed by atoms with van der Waals surface area (Å²) in [5, 5.41) is 9.52. The van der Waals surface area contributed by atoms with Gasteiger partial charge < -0.3 is 10.0 Å². The zero-order chi connectivity index (χ0) is 21.8. The summed E-state index contributed by atoms with van der Waals surface area (Å²) in [5.41, 5.74) is 1.04. The molecule has 0 bridgehead atoms. The molecule has 1 aromatic carbocycles. The minimum absolute atomic E-state index is 0.0481. The smallest absolute Gasteiger partial charge is 0.328 e. The van der Waals surface area contributed by atoms with E-state index in [9.17, 15) is 14.7 Å². The lowest BCUT2D eigenvalue weighted by molar-refractivity contribution is -0.136. The van der Waals surface area contributed by atoms with Crippen LogP contribution in [0, 0.1) is 0 Å². The molecule has 0 unspecified atom stereocenters. The second kappa shape index (κ2) is 9.16. The first-order valence-corrected chi connectivity index (χ1v) is 11.0. The van der Waals surface area contributed by atoms with Gasteiger partial charge in [0.15, 0.2) is 0 Å². The van der Waals surface area contributed by atoms with Crippen molar-refractivity contribution in [3.05, 3.63) is 66.0 Å². The summed E-state index contributed by atoms with van der Waals surface area (Å²) < 4.78 is 0. The summed E-state index contributed by atoms with van der Waals surface area (Å²) in [7, 11) is 0. The van der Waals surface area contributed by atoms with E-state index in [2.05, 4.69) is 9.88 Å². The fourth-order valence-corrected chi connectivity index (χ4v) is 4.70. The van der Waals surface area contributed by atoms with Crippen LogP contribution in [-0.4, -0.2) is 74.6 Å². The van der Waals surface area contributed by atoms with Crippen molar-refractivity contribution >= 4 is 11.9 Å². The standard InChI is InChI=1S/C24H30N4O3/c1-19(18-29)26-15-11-24(12-16-26)22(30)27(17-21-9-5-6-13-25-21)23(31)28(24)14-10-20-7-3-2-4-8-20/h2-9,13,19,29H,10-12,14-18H2,1H3/t19-/m0/s1. The zero-order valence-corrected chi connectivity index (χ0v) is 18.0. The quantitative estimate of drug-likeness (QED) is 0.693. The number of imide groups is 1. The number of benzene rings is 1. The average Bonchev–Trinajstić information content (AvgIpc) is 3.00. The van der Waals surface area contributed by atoms with Crippen molar-refractivity contribution in [3.8, 4) is 0 Å². The number of carbonyl (C=O) groups excluding carboxylic acids is 2. The number of aliphatic hydroxyl groups excluding tert-OH is 1. The lowest BCUT2D eigenvalue weighted by Crippen LogP contribution is -2.58. The van der Waals surface area contributed by atoms with E-state index in [0.29, 0.717) is 44.6 Å². The molecule has 0 saturated carbocycles. The maximum absolute atomic E-state index is 13.6. The molecule has 2 aliphatic rings. The number of carbonyl (C=O) groups is 2. The second-order valence-corrected chi connectivity index (χ2v) is 8.48. The van der Waals surface area contributed by atoms with Crippen LogP contribution < -0.4 is 0 Å². The van der Waals surface area contributed by atoms with Gasteiger partial charge in [0.25, 0.3) is 5.91 Å². The largest absolute Gasteiger partial charge is 0.395 e. The Morgan fingerprint density at radius 3 is 2.42 bits per heavy atom. The summed E-state index contributed by atoms with van der Waals surface area (Å²) in [6, 6.07) is 15.4. The topological polar surface area (TPSA) is 77.0 Å². The fraction of sp³-hybridized carbons (Fsp3) is 0.458. The van der Waals surface area contributed by atoms with Crippen LogP contribution in [0.2, 0.25) is 0 Å². The van der Waals surface area contributed by atoms with E-state index < -0.39 is 5.54 Å².